The maximum atomic E-state index is 11.9. The van der Waals surface area contributed by atoms with Crippen LogP contribution < -0.4 is 10.6 Å². The lowest BCUT2D eigenvalue weighted by Gasteiger charge is -2.17. The molecular weight excluding hydrogens is 252 g/mol. The van der Waals surface area contributed by atoms with Crippen LogP contribution in [0.15, 0.2) is 29.2 Å². The van der Waals surface area contributed by atoms with Crippen molar-refractivity contribution < 1.29 is 13.2 Å². The van der Waals surface area contributed by atoms with Gasteiger partial charge in [0.2, 0.25) is 5.91 Å². The van der Waals surface area contributed by atoms with E-state index in [2.05, 4.69) is 0 Å². The van der Waals surface area contributed by atoms with Crippen LogP contribution in [0.1, 0.15) is 13.8 Å². The van der Waals surface area contributed by atoms with Gasteiger partial charge in [-0.25, -0.2) is 8.42 Å². The average Bonchev–Trinajstić information content (AvgIpc) is 2.36. The summed E-state index contributed by atoms with van der Waals surface area (Å²) in [5.41, 5.74) is 5.88. The monoisotopic (exact) mass is 270 g/mol. The van der Waals surface area contributed by atoms with Crippen LogP contribution in [0.25, 0.3) is 0 Å². The van der Waals surface area contributed by atoms with Crippen molar-refractivity contribution in [1.82, 2.24) is 0 Å². The van der Waals surface area contributed by atoms with Crippen molar-refractivity contribution in [3.63, 3.8) is 0 Å². The first kappa shape index (κ1) is 14.7. The number of nitrogens with zero attached hydrogens (tertiary/aromatic N) is 1. The Labute approximate surface area is 108 Å². The number of hydrogen-bond donors (Lipinski definition) is 1. The standard InChI is InChI=1S/C12H18N2O3S/c1-9(2)18(16,17)11-6-4-10(5-7-11)14(3)12(15)8-13/h4-7,9H,8,13H2,1-3H3. The van der Waals surface area contributed by atoms with E-state index in [1.54, 1.807) is 33.0 Å². The zero-order chi connectivity index (χ0) is 13.9. The van der Waals surface area contributed by atoms with E-state index in [-0.39, 0.29) is 17.3 Å². The number of amides is 1. The number of sulfone groups is 1. The lowest BCUT2D eigenvalue weighted by atomic mass is 10.3. The van der Waals surface area contributed by atoms with Crippen LogP contribution in [-0.2, 0) is 14.6 Å². The number of carbonyl (C=O) groups is 1. The molecule has 18 heavy (non-hydrogen) atoms. The number of hydrogen-bond acceptors (Lipinski definition) is 4. The van der Waals surface area contributed by atoms with Crippen LogP contribution in [0.4, 0.5) is 5.69 Å². The lowest BCUT2D eigenvalue weighted by Crippen LogP contribution is -2.32. The van der Waals surface area contributed by atoms with Gasteiger partial charge in [-0.05, 0) is 38.1 Å². The largest absolute Gasteiger partial charge is 0.322 e. The van der Waals surface area contributed by atoms with Crippen molar-refractivity contribution in [2.75, 3.05) is 18.5 Å². The summed E-state index contributed by atoms with van der Waals surface area (Å²) in [4.78, 5) is 13.0. The van der Waals surface area contributed by atoms with Gasteiger partial charge in [0.15, 0.2) is 9.84 Å². The molecule has 0 aliphatic carbocycles. The summed E-state index contributed by atoms with van der Waals surface area (Å²) >= 11 is 0. The highest BCUT2D eigenvalue weighted by molar-refractivity contribution is 7.92. The zero-order valence-corrected chi connectivity index (χ0v) is 11.6. The molecule has 0 bridgehead atoms. The molecule has 0 aliphatic heterocycles. The quantitative estimate of drug-likeness (QED) is 0.877. The zero-order valence-electron chi connectivity index (χ0n) is 10.8. The molecule has 0 saturated carbocycles. The van der Waals surface area contributed by atoms with Gasteiger partial charge in [0.1, 0.15) is 0 Å². The Morgan fingerprint density at radius 2 is 1.78 bits per heavy atom. The van der Waals surface area contributed by atoms with Crippen LogP contribution >= 0.6 is 0 Å². The average molecular weight is 270 g/mol. The number of nitrogens with two attached hydrogens (primary N) is 1. The first-order valence-corrected chi connectivity index (χ1v) is 7.16. The van der Waals surface area contributed by atoms with Crippen LogP contribution in [-0.4, -0.2) is 33.2 Å². The van der Waals surface area contributed by atoms with Crippen LogP contribution in [0.2, 0.25) is 0 Å². The molecule has 6 heteroatoms. The lowest BCUT2D eigenvalue weighted by molar-refractivity contribution is -0.117. The van der Waals surface area contributed by atoms with Crippen molar-refractivity contribution >= 4 is 21.4 Å². The molecule has 0 atom stereocenters. The van der Waals surface area contributed by atoms with Gasteiger partial charge in [-0.3, -0.25) is 4.79 Å². The van der Waals surface area contributed by atoms with Crippen molar-refractivity contribution in [3.8, 4) is 0 Å². The fourth-order valence-electron chi connectivity index (χ4n) is 1.41. The van der Waals surface area contributed by atoms with Gasteiger partial charge in [0, 0.05) is 12.7 Å². The predicted molar refractivity (Wildman–Crippen MR) is 71.2 cm³/mol. The predicted octanol–water partition coefficient (Wildman–Crippen LogP) is 0.790. The van der Waals surface area contributed by atoms with Crippen LogP contribution in [0.3, 0.4) is 0 Å². The number of likely N-dealkylation sites (N-methyl/N-ethyl adjacent to an activating group) is 1. The smallest absolute Gasteiger partial charge is 0.240 e. The van der Waals surface area contributed by atoms with Crippen molar-refractivity contribution in [3.05, 3.63) is 24.3 Å². The molecule has 0 aromatic heterocycles. The number of benzene rings is 1. The maximum Gasteiger partial charge on any atom is 0.240 e. The van der Waals surface area contributed by atoms with E-state index in [9.17, 15) is 13.2 Å². The number of rotatable bonds is 4. The third-order valence-corrected chi connectivity index (χ3v) is 4.89. The third kappa shape index (κ3) is 2.88. The maximum absolute atomic E-state index is 11.9. The topological polar surface area (TPSA) is 80.5 Å². The fourth-order valence-corrected chi connectivity index (χ4v) is 2.47. The second-order valence-electron chi connectivity index (χ2n) is 4.24. The molecule has 0 aliphatic rings. The highest BCUT2D eigenvalue weighted by atomic mass is 32.2. The summed E-state index contributed by atoms with van der Waals surface area (Å²) in [7, 11) is -1.67. The van der Waals surface area contributed by atoms with Crippen molar-refractivity contribution in [2.24, 2.45) is 5.73 Å². The van der Waals surface area contributed by atoms with Gasteiger partial charge < -0.3 is 10.6 Å². The van der Waals surface area contributed by atoms with E-state index in [4.69, 9.17) is 5.73 Å². The molecule has 0 unspecified atom stereocenters. The second kappa shape index (κ2) is 5.49. The minimum Gasteiger partial charge on any atom is -0.322 e. The normalized spacial score (nSPS) is 11.6. The number of carbonyl (C=O) groups excluding carboxylic acids is 1. The molecule has 5 nitrogen and oxygen atoms in total. The molecule has 2 N–H and O–H groups in total. The Balaban J connectivity index is 3.04. The minimum atomic E-state index is -3.27. The summed E-state index contributed by atoms with van der Waals surface area (Å²) in [6, 6.07) is 6.21. The molecule has 1 aromatic rings. The van der Waals surface area contributed by atoms with Crippen LogP contribution in [0, 0.1) is 0 Å². The Morgan fingerprint density at radius 1 is 1.28 bits per heavy atom. The Kier molecular flexibility index (Phi) is 4.48. The van der Waals surface area contributed by atoms with E-state index >= 15 is 0 Å². The van der Waals surface area contributed by atoms with Crippen molar-refractivity contribution in [2.45, 2.75) is 24.0 Å². The van der Waals surface area contributed by atoms with E-state index in [0.29, 0.717) is 5.69 Å². The molecule has 0 fully saturated rings. The summed E-state index contributed by atoms with van der Waals surface area (Å²) in [6.07, 6.45) is 0. The molecule has 0 saturated heterocycles. The van der Waals surface area contributed by atoms with E-state index in [1.165, 1.54) is 17.0 Å². The van der Waals surface area contributed by atoms with Gasteiger partial charge in [0.05, 0.1) is 16.7 Å². The molecule has 1 aromatic carbocycles. The Morgan fingerprint density at radius 3 is 2.17 bits per heavy atom. The SMILES string of the molecule is CC(C)S(=O)(=O)c1ccc(N(C)C(=O)CN)cc1. The first-order valence-electron chi connectivity index (χ1n) is 5.61. The van der Waals surface area contributed by atoms with Crippen LogP contribution in [0.5, 0.6) is 0 Å². The molecule has 0 radical (unpaired) electrons. The molecular formula is C12H18N2O3S. The molecule has 100 valence electrons. The molecule has 1 rings (SSSR count). The molecule has 0 spiro atoms. The highest BCUT2D eigenvalue weighted by Gasteiger charge is 2.19. The number of anilines is 1. The van der Waals surface area contributed by atoms with Crippen molar-refractivity contribution in [1.29, 1.82) is 0 Å². The second-order valence-corrected chi connectivity index (χ2v) is 6.75. The Bertz CT molecular complexity index is 521. The minimum absolute atomic E-state index is 0.0808. The van der Waals surface area contributed by atoms with E-state index in [0.717, 1.165) is 0 Å². The van der Waals surface area contributed by atoms with Gasteiger partial charge in [0.25, 0.3) is 0 Å². The van der Waals surface area contributed by atoms with E-state index < -0.39 is 15.1 Å². The summed E-state index contributed by atoms with van der Waals surface area (Å²) in [5, 5.41) is -0.466. The highest BCUT2D eigenvalue weighted by Crippen LogP contribution is 2.20. The molecule has 0 heterocycles. The van der Waals surface area contributed by atoms with Gasteiger partial charge in [-0.2, -0.15) is 0 Å². The fraction of sp³-hybridized carbons (Fsp3) is 0.417. The third-order valence-electron chi connectivity index (χ3n) is 2.72. The molecule has 1 amide bonds. The van der Waals surface area contributed by atoms with Gasteiger partial charge in [-0.15, -0.1) is 0 Å². The first-order chi connectivity index (χ1) is 8.30. The van der Waals surface area contributed by atoms with E-state index in [1.807, 2.05) is 0 Å². The summed E-state index contributed by atoms with van der Waals surface area (Å²) in [5.74, 6) is -0.227. The van der Waals surface area contributed by atoms with Gasteiger partial charge >= 0.3 is 0 Å². The Hall–Kier alpha value is -1.40. The summed E-state index contributed by atoms with van der Waals surface area (Å²) in [6.45, 7) is 3.18. The summed E-state index contributed by atoms with van der Waals surface area (Å²) < 4.78 is 23.8. The van der Waals surface area contributed by atoms with Gasteiger partial charge in [-0.1, -0.05) is 0 Å².